The van der Waals surface area contributed by atoms with E-state index in [-0.39, 0.29) is 16.7 Å². The van der Waals surface area contributed by atoms with E-state index >= 15 is 0 Å². The predicted molar refractivity (Wildman–Crippen MR) is 110 cm³/mol. The Morgan fingerprint density at radius 2 is 1.89 bits per heavy atom. The van der Waals surface area contributed by atoms with Gasteiger partial charge in [0.25, 0.3) is 10.0 Å². The Kier molecular flexibility index (Phi) is 5.93. The van der Waals surface area contributed by atoms with Gasteiger partial charge in [0.2, 0.25) is 5.91 Å². The third-order valence-electron chi connectivity index (χ3n) is 4.66. The number of rotatable bonds is 6. The van der Waals surface area contributed by atoms with Crippen LogP contribution in [0.2, 0.25) is 0 Å². The molecule has 0 fully saturated rings. The number of aryl methyl sites for hydroxylation is 1. The molecule has 2 aromatic carbocycles. The second-order valence-electron chi connectivity index (χ2n) is 7.10. The molecule has 0 radical (unpaired) electrons. The first kappa shape index (κ1) is 20.2. The molecule has 7 heteroatoms. The van der Waals surface area contributed by atoms with E-state index in [0.29, 0.717) is 24.6 Å². The average molecular weight is 403 g/mol. The molecule has 0 spiro atoms. The SMILES string of the molecule is CCOc1ccc(S(=O)(=O)Nc2ccc3c(c2)N(C(=O)C(C)C)CCC3)cc1. The monoisotopic (exact) mass is 402 g/mol. The minimum Gasteiger partial charge on any atom is -0.494 e. The summed E-state index contributed by atoms with van der Waals surface area (Å²) in [6.45, 7) is 6.78. The van der Waals surface area contributed by atoms with E-state index in [4.69, 9.17) is 4.74 Å². The number of nitrogens with zero attached hydrogens (tertiary/aromatic N) is 1. The molecule has 0 atom stereocenters. The van der Waals surface area contributed by atoms with Crippen LogP contribution in [0.5, 0.6) is 5.75 Å². The highest BCUT2D eigenvalue weighted by molar-refractivity contribution is 7.92. The van der Waals surface area contributed by atoms with Crippen LogP contribution in [0.1, 0.15) is 32.8 Å². The summed E-state index contributed by atoms with van der Waals surface area (Å²) in [5, 5.41) is 0. The molecule has 1 aliphatic rings. The van der Waals surface area contributed by atoms with Crippen molar-refractivity contribution in [2.24, 2.45) is 5.92 Å². The molecular weight excluding hydrogens is 376 g/mol. The normalized spacial score (nSPS) is 13.9. The maximum atomic E-state index is 12.7. The lowest BCUT2D eigenvalue weighted by Gasteiger charge is -2.31. The largest absolute Gasteiger partial charge is 0.494 e. The van der Waals surface area contributed by atoms with Gasteiger partial charge in [0.15, 0.2) is 0 Å². The molecule has 3 rings (SSSR count). The summed E-state index contributed by atoms with van der Waals surface area (Å²) in [6.07, 6.45) is 1.78. The summed E-state index contributed by atoms with van der Waals surface area (Å²) in [7, 11) is -3.73. The van der Waals surface area contributed by atoms with Gasteiger partial charge in [-0.15, -0.1) is 0 Å². The Balaban J connectivity index is 1.86. The number of hydrogen-bond acceptors (Lipinski definition) is 4. The molecule has 0 unspecified atom stereocenters. The quantitative estimate of drug-likeness (QED) is 0.797. The lowest BCUT2D eigenvalue weighted by molar-refractivity contribution is -0.121. The van der Waals surface area contributed by atoms with Crippen LogP contribution in [0.25, 0.3) is 0 Å². The Hall–Kier alpha value is -2.54. The average Bonchev–Trinajstić information content (AvgIpc) is 2.67. The highest BCUT2D eigenvalue weighted by atomic mass is 32.2. The van der Waals surface area contributed by atoms with Crippen molar-refractivity contribution in [2.45, 2.75) is 38.5 Å². The highest BCUT2D eigenvalue weighted by Crippen LogP contribution is 2.32. The van der Waals surface area contributed by atoms with Gasteiger partial charge < -0.3 is 9.64 Å². The summed E-state index contributed by atoms with van der Waals surface area (Å²) in [5.74, 6) is 0.556. The third kappa shape index (κ3) is 4.30. The zero-order chi connectivity index (χ0) is 20.3. The van der Waals surface area contributed by atoms with E-state index < -0.39 is 10.0 Å². The minimum absolute atomic E-state index is 0.0486. The standard InChI is InChI=1S/C21H26N2O4S/c1-4-27-18-9-11-19(12-10-18)28(25,26)22-17-8-7-16-6-5-13-23(20(16)14-17)21(24)15(2)3/h7-12,14-15,22H,4-6,13H2,1-3H3. The minimum atomic E-state index is -3.73. The van der Waals surface area contributed by atoms with Crippen LogP contribution in [-0.2, 0) is 21.2 Å². The Morgan fingerprint density at radius 1 is 1.18 bits per heavy atom. The first-order chi connectivity index (χ1) is 13.3. The number of sulfonamides is 1. The van der Waals surface area contributed by atoms with Gasteiger partial charge in [0.1, 0.15) is 5.75 Å². The number of benzene rings is 2. The second kappa shape index (κ2) is 8.22. The van der Waals surface area contributed by atoms with Gasteiger partial charge in [-0.2, -0.15) is 0 Å². The van der Waals surface area contributed by atoms with Gasteiger partial charge in [0.05, 0.1) is 17.2 Å². The van der Waals surface area contributed by atoms with E-state index in [2.05, 4.69) is 4.72 Å². The van der Waals surface area contributed by atoms with Crippen molar-refractivity contribution in [1.29, 1.82) is 0 Å². The fraction of sp³-hybridized carbons (Fsp3) is 0.381. The van der Waals surface area contributed by atoms with Crippen molar-refractivity contribution in [3.63, 3.8) is 0 Å². The number of fused-ring (bicyclic) bond motifs is 1. The first-order valence-corrected chi connectivity index (χ1v) is 11.0. The molecule has 2 aromatic rings. The predicted octanol–water partition coefficient (Wildman–Crippen LogP) is 3.82. The summed E-state index contributed by atoms with van der Waals surface area (Å²) in [6, 6.07) is 11.7. The molecule has 28 heavy (non-hydrogen) atoms. The topological polar surface area (TPSA) is 75.7 Å². The number of anilines is 2. The molecule has 1 N–H and O–H groups in total. The van der Waals surface area contributed by atoms with E-state index in [1.807, 2.05) is 26.8 Å². The van der Waals surface area contributed by atoms with Crippen LogP contribution in [0.4, 0.5) is 11.4 Å². The zero-order valence-electron chi connectivity index (χ0n) is 16.4. The fourth-order valence-corrected chi connectivity index (χ4v) is 4.32. The third-order valence-corrected chi connectivity index (χ3v) is 6.06. The lowest BCUT2D eigenvalue weighted by atomic mass is 9.99. The second-order valence-corrected chi connectivity index (χ2v) is 8.78. The number of nitrogens with one attached hydrogen (secondary N) is 1. The van der Waals surface area contributed by atoms with E-state index in [1.165, 1.54) is 12.1 Å². The summed E-state index contributed by atoms with van der Waals surface area (Å²) in [4.78, 5) is 14.5. The number of carbonyl (C=O) groups is 1. The van der Waals surface area contributed by atoms with Crippen molar-refractivity contribution < 1.29 is 17.9 Å². The van der Waals surface area contributed by atoms with Crippen LogP contribution in [-0.4, -0.2) is 27.5 Å². The number of ether oxygens (including phenoxy) is 1. The Bertz CT molecular complexity index is 953. The summed E-state index contributed by atoms with van der Waals surface area (Å²) < 4.78 is 33.4. The van der Waals surface area contributed by atoms with Gasteiger partial charge >= 0.3 is 0 Å². The van der Waals surface area contributed by atoms with Crippen LogP contribution < -0.4 is 14.4 Å². The van der Waals surface area contributed by atoms with Crippen molar-refractivity contribution in [2.75, 3.05) is 22.8 Å². The van der Waals surface area contributed by atoms with Crippen molar-refractivity contribution >= 4 is 27.3 Å². The molecule has 1 heterocycles. The van der Waals surface area contributed by atoms with Crippen LogP contribution >= 0.6 is 0 Å². The van der Waals surface area contributed by atoms with E-state index in [0.717, 1.165) is 24.1 Å². The molecule has 150 valence electrons. The van der Waals surface area contributed by atoms with Crippen LogP contribution in [0.15, 0.2) is 47.4 Å². The number of amides is 1. The Morgan fingerprint density at radius 3 is 2.54 bits per heavy atom. The maximum absolute atomic E-state index is 12.7. The first-order valence-electron chi connectivity index (χ1n) is 9.52. The van der Waals surface area contributed by atoms with Gasteiger partial charge in [0, 0.05) is 18.2 Å². The molecule has 6 nitrogen and oxygen atoms in total. The van der Waals surface area contributed by atoms with E-state index in [1.54, 1.807) is 29.2 Å². The van der Waals surface area contributed by atoms with Crippen molar-refractivity contribution in [1.82, 2.24) is 0 Å². The van der Waals surface area contributed by atoms with Crippen molar-refractivity contribution in [3.05, 3.63) is 48.0 Å². The molecule has 0 aliphatic carbocycles. The molecule has 0 saturated heterocycles. The molecule has 0 saturated carbocycles. The van der Waals surface area contributed by atoms with Gasteiger partial charge in [-0.05, 0) is 61.7 Å². The highest BCUT2D eigenvalue weighted by Gasteiger charge is 2.25. The molecular formula is C21H26N2O4S. The number of carbonyl (C=O) groups excluding carboxylic acids is 1. The van der Waals surface area contributed by atoms with Gasteiger partial charge in [-0.1, -0.05) is 19.9 Å². The van der Waals surface area contributed by atoms with Gasteiger partial charge in [-0.3, -0.25) is 9.52 Å². The zero-order valence-corrected chi connectivity index (χ0v) is 17.3. The van der Waals surface area contributed by atoms with E-state index in [9.17, 15) is 13.2 Å². The molecule has 0 aromatic heterocycles. The van der Waals surface area contributed by atoms with Crippen LogP contribution in [0, 0.1) is 5.92 Å². The van der Waals surface area contributed by atoms with Crippen molar-refractivity contribution in [3.8, 4) is 5.75 Å². The molecule has 0 bridgehead atoms. The van der Waals surface area contributed by atoms with Gasteiger partial charge in [-0.25, -0.2) is 8.42 Å². The number of hydrogen-bond donors (Lipinski definition) is 1. The fourth-order valence-electron chi connectivity index (χ4n) is 3.27. The summed E-state index contributed by atoms with van der Waals surface area (Å²) >= 11 is 0. The Labute approximate surface area is 166 Å². The lowest BCUT2D eigenvalue weighted by Crippen LogP contribution is -2.38. The molecule has 1 amide bonds. The summed E-state index contributed by atoms with van der Waals surface area (Å²) in [5.41, 5.74) is 2.29. The smallest absolute Gasteiger partial charge is 0.261 e. The van der Waals surface area contributed by atoms with Crippen LogP contribution in [0.3, 0.4) is 0 Å². The molecule has 1 aliphatic heterocycles. The maximum Gasteiger partial charge on any atom is 0.261 e.